The topological polar surface area (TPSA) is 37.8 Å². The molecule has 0 bridgehead atoms. The van der Waals surface area contributed by atoms with Crippen LogP contribution in [-0.4, -0.2) is 9.97 Å². The summed E-state index contributed by atoms with van der Waals surface area (Å²) < 4.78 is 0. The molecule has 2 aromatic rings. The average Bonchev–Trinajstić information content (AvgIpc) is 2.29. The van der Waals surface area contributed by atoms with Crippen molar-refractivity contribution in [3.05, 3.63) is 47.9 Å². The normalized spacial score (nSPS) is 10.1. The van der Waals surface area contributed by atoms with Crippen molar-refractivity contribution in [2.75, 3.05) is 5.32 Å². The maximum absolute atomic E-state index is 5.77. The molecule has 82 valence electrons. The summed E-state index contributed by atoms with van der Waals surface area (Å²) in [6.45, 7) is 1.93. The van der Waals surface area contributed by atoms with Crippen molar-refractivity contribution in [2.24, 2.45) is 0 Å². The van der Waals surface area contributed by atoms with Crippen molar-refractivity contribution in [1.29, 1.82) is 0 Å². The summed E-state index contributed by atoms with van der Waals surface area (Å²) in [7, 11) is 0. The molecule has 0 aliphatic carbocycles. The molecule has 0 aliphatic heterocycles. The molecule has 1 aromatic heterocycles. The van der Waals surface area contributed by atoms with Crippen LogP contribution >= 0.6 is 11.6 Å². The number of halogens is 1. The number of anilines is 2. The van der Waals surface area contributed by atoms with E-state index in [1.807, 2.05) is 37.3 Å². The van der Waals surface area contributed by atoms with E-state index in [-0.39, 0.29) is 0 Å². The molecule has 0 spiro atoms. The molecular weight excluding hydrogens is 222 g/mol. The molecule has 16 heavy (non-hydrogen) atoms. The molecule has 0 unspecified atom stereocenters. The molecule has 0 saturated heterocycles. The minimum absolute atomic E-state index is 0.512. The first-order valence-corrected chi connectivity index (χ1v) is 5.52. The second kappa shape index (κ2) is 4.94. The van der Waals surface area contributed by atoms with Crippen LogP contribution in [0.15, 0.2) is 36.7 Å². The molecule has 4 heteroatoms. The number of aromatic nitrogens is 2. The first kappa shape index (κ1) is 10.9. The molecular formula is C12H12ClN3. The maximum Gasteiger partial charge on any atom is 0.133 e. The van der Waals surface area contributed by atoms with E-state index >= 15 is 0 Å². The zero-order chi connectivity index (χ0) is 11.4. The zero-order valence-corrected chi connectivity index (χ0v) is 9.70. The molecule has 0 saturated carbocycles. The number of rotatable bonds is 3. The second-order valence-corrected chi connectivity index (χ2v) is 3.77. The van der Waals surface area contributed by atoms with Crippen LogP contribution in [0.3, 0.4) is 0 Å². The van der Waals surface area contributed by atoms with Crippen LogP contribution in [0, 0.1) is 6.92 Å². The minimum atomic E-state index is 0.512. The highest BCUT2D eigenvalue weighted by Gasteiger charge is 1.98. The summed E-state index contributed by atoms with van der Waals surface area (Å²) >= 11 is 5.77. The lowest BCUT2D eigenvalue weighted by atomic mass is 10.2. The van der Waals surface area contributed by atoms with Crippen molar-refractivity contribution < 1.29 is 0 Å². The highest BCUT2D eigenvalue weighted by Crippen LogP contribution is 2.16. The van der Waals surface area contributed by atoms with E-state index in [0.717, 1.165) is 22.8 Å². The molecule has 0 aliphatic rings. The van der Waals surface area contributed by atoms with Gasteiger partial charge in [0, 0.05) is 23.3 Å². The van der Waals surface area contributed by atoms with E-state index in [4.69, 9.17) is 11.6 Å². The molecule has 0 fully saturated rings. The lowest BCUT2D eigenvalue weighted by Gasteiger charge is -2.06. The van der Waals surface area contributed by atoms with Gasteiger partial charge in [-0.15, -0.1) is 11.6 Å². The summed E-state index contributed by atoms with van der Waals surface area (Å²) in [6.07, 6.45) is 1.54. The van der Waals surface area contributed by atoms with Crippen LogP contribution in [0.25, 0.3) is 0 Å². The number of hydrogen-bond donors (Lipinski definition) is 1. The summed E-state index contributed by atoms with van der Waals surface area (Å²) in [5.74, 6) is 1.30. The van der Waals surface area contributed by atoms with Crippen molar-refractivity contribution >= 4 is 23.1 Å². The first-order valence-electron chi connectivity index (χ1n) is 4.98. The van der Waals surface area contributed by atoms with Crippen molar-refractivity contribution in [3.8, 4) is 0 Å². The molecule has 0 atom stereocenters. The van der Waals surface area contributed by atoms with Gasteiger partial charge in [-0.25, -0.2) is 9.97 Å². The smallest absolute Gasteiger partial charge is 0.133 e. The molecule has 3 nitrogen and oxygen atoms in total. The Labute approximate surface area is 99.5 Å². The maximum atomic E-state index is 5.77. The molecule has 1 heterocycles. The second-order valence-electron chi connectivity index (χ2n) is 3.50. The highest BCUT2D eigenvalue weighted by atomic mass is 35.5. The lowest BCUT2D eigenvalue weighted by molar-refractivity contribution is 1.10. The Kier molecular flexibility index (Phi) is 3.37. The quantitative estimate of drug-likeness (QED) is 0.827. The van der Waals surface area contributed by atoms with Crippen molar-refractivity contribution in [3.63, 3.8) is 0 Å². The Morgan fingerprint density at radius 2 is 2.12 bits per heavy atom. The third-order valence-electron chi connectivity index (χ3n) is 2.16. The Balaban J connectivity index is 2.20. The van der Waals surface area contributed by atoms with Gasteiger partial charge in [0.2, 0.25) is 0 Å². The van der Waals surface area contributed by atoms with Crippen LogP contribution in [0.5, 0.6) is 0 Å². The standard InChI is InChI=1S/C12H12ClN3/c1-9-5-12(15-8-14-9)16-11-4-2-3-10(6-11)7-13/h2-6,8H,7H2,1H3,(H,14,15,16). The molecule has 2 rings (SSSR count). The van der Waals surface area contributed by atoms with E-state index in [0.29, 0.717) is 5.88 Å². The average molecular weight is 234 g/mol. The Morgan fingerprint density at radius 1 is 1.25 bits per heavy atom. The van der Waals surface area contributed by atoms with Crippen molar-refractivity contribution in [1.82, 2.24) is 9.97 Å². The van der Waals surface area contributed by atoms with Gasteiger partial charge < -0.3 is 5.32 Å². The lowest BCUT2D eigenvalue weighted by Crippen LogP contribution is -1.95. The van der Waals surface area contributed by atoms with E-state index in [1.165, 1.54) is 0 Å². The van der Waals surface area contributed by atoms with Crippen LogP contribution in [0.2, 0.25) is 0 Å². The van der Waals surface area contributed by atoms with Gasteiger partial charge >= 0.3 is 0 Å². The Bertz CT molecular complexity index is 485. The third-order valence-corrected chi connectivity index (χ3v) is 2.47. The summed E-state index contributed by atoms with van der Waals surface area (Å²) in [6, 6.07) is 9.84. The highest BCUT2D eigenvalue weighted by molar-refractivity contribution is 6.17. The minimum Gasteiger partial charge on any atom is -0.340 e. The van der Waals surface area contributed by atoms with E-state index < -0.39 is 0 Å². The SMILES string of the molecule is Cc1cc(Nc2cccc(CCl)c2)ncn1. The largest absolute Gasteiger partial charge is 0.340 e. The van der Waals surface area contributed by atoms with Gasteiger partial charge in [-0.05, 0) is 24.6 Å². The number of benzene rings is 1. The fraction of sp³-hybridized carbons (Fsp3) is 0.167. The van der Waals surface area contributed by atoms with Crippen LogP contribution in [0.1, 0.15) is 11.3 Å². The summed E-state index contributed by atoms with van der Waals surface area (Å²) in [5.41, 5.74) is 3.00. The van der Waals surface area contributed by atoms with E-state index in [2.05, 4.69) is 15.3 Å². The molecule has 0 radical (unpaired) electrons. The van der Waals surface area contributed by atoms with E-state index in [9.17, 15) is 0 Å². The third kappa shape index (κ3) is 2.70. The Morgan fingerprint density at radius 3 is 2.88 bits per heavy atom. The number of nitrogens with one attached hydrogen (secondary N) is 1. The molecule has 1 N–H and O–H groups in total. The summed E-state index contributed by atoms with van der Waals surface area (Å²) in [5, 5.41) is 3.21. The molecule has 0 amide bonds. The van der Waals surface area contributed by atoms with Gasteiger partial charge in [-0.1, -0.05) is 12.1 Å². The summed E-state index contributed by atoms with van der Waals surface area (Å²) in [4.78, 5) is 8.18. The predicted molar refractivity (Wildman–Crippen MR) is 66.1 cm³/mol. The van der Waals surface area contributed by atoms with Crippen LogP contribution in [-0.2, 0) is 5.88 Å². The van der Waals surface area contributed by atoms with Gasteiger partial charge in [0.25, 0.3) is 0 Å². The monoisotopic (exact) mass is 233 g/mol. The van der Waals surface area contributed by atoms with Crippen molar-refractivity contribution in [2.45, 2.75) is 12.8 Å². The van der Waals surface area contributed by atoms with Crippen LogP contribution < -0.4 is 5.32 Å². The zero-order valence-electron chi connectivity index (χ0n) is 8.94. The number of alkyl halides is 1. The van der Waals surface area contributed by atoms with Gasteiger partial charge in [0.05, 0.1) is 0 Å². The van der Waals surface area contributed by atoms with E-state index in [1.54, 1.807) is 6.33 Å². The fourth-order valence-corrected chi connectivity index (χ4v) is 1.57. The van der Waals surface area contributed by atoms with Gasteiger partial charge in [-0.3, -0.25) is 0 Å². The first-order chi connectivity index (χ1) is 7.78. The number of hydrogen-bond acceptors (Lipinski definition) is 3. The van der Waals surface area contributed by atoms with Gasteiger partial charge in [0.1, 0.15) is 12.1 Å². The number of nitrogens with zero attached hydrogens (tertiary/aromatic N) is 2. The predicted octanol–water partition coefficient (Wildman–Crippen LogP) is 3.27. The van der Waals surface area contributed by atoms with Gasteiger partial charge in [0.15, 0.2) is 0 Å². The van der Waals surface area contributed by atoms with Gasteiger partial charge in [-0.2, -0.15) is 0 Å². The fourth-order valence-electron chi connectivity index (χ4n) is 1.40. The van der Waals surface area contributed by atoms with Crippen LogP contribution in [0.4, 0.5) is 11.5 Å². The Hall–Kier alpha value is -1.61. The molecule has 1 aromatic carbocycles. The number of aryl methyl sites for hydroxylation is 1.